The smallest absolute Gasteiger partial charge is 0.181 e. The quantitative estimate of drug-likeness (QED) is 0.906. The first-order chi connectivity index (χ1) is 8.80. The molecule has 0 spiro atoms. The van der Waals surface area contributed by atoms with E-state index in [4.69, 9.17) is 0 Å². The molecule has 1 N–H and O–H groups in total. The second-order valence-corrected chi connectivity index (χ2v) is 8.10. The summed E-state index contributed by atoms with van der Waals surface area (Å²) in [6, 6.07) is 5.89. The number of sulfone groups is 1. The molecule has 19 heavy (non-hydrogen) atoms. The molecular weight excluding hydrogens is 258 g/mol. The van der Waals surface area contributed by atoms with Crippen molar-refractivity contribution in [2.45, 2.75) is 49.8 Å². The fourth-order valence-corrected chi connectivity index (χ4v) is 4.78. The summed E-state index contributed by atoms with van der Waals surface area (Å²) in [5.74, 6) is 0.477. The van der Waals surface area contributed by atoms with Crippen molar-refractivity contribution < 1.29 is 8.42 Å². The van der Waals surface area contributed by atoms with Crippen molar-refractivity contribution in [3.05, 3.63) is 29.3 Å². The Morgan fingerprint density at radius 2 is 1.84 bits per heavy atom. The summed E-state index contributed by atoms with van der Waals surface area (Å²) in [7, 11) is -1.29. The summed E-state index contributed by atoms with van der Waals surface area (Å²) in [6.45, 7) is 8.07. The minimum absolute atomic E-state index is 0.0740. The molecule has 0 amide bonds. The van der Waals surface area contributed by atoms with Crippen LogP contribution in [0.3, 0.4) is 0 Å². The van der Waals surface area contributed by atoms with Gasteiger partial charge in [-0.2, -0.15) is 0 Å². The van der Waals surface area contributed by atoms with Gasteiger partial charge in [-0.25, -0.2) is 8.42 Å². The van der Waals surface area contributed by atoms with E-state index >= 15 is 0 Å². The Bertz CT molecular complexity index is 578. The standard InChI is InChI=1S/C15H23NO2S/c1-9(2)12-6-7-14-13(8-12)15(16-5)10(3)11(4)19(14,17)18/h6-11,15-16H,1-5H3. The molecule has 0 aliphatic carbocycles. The van der Waals surface area contributed by atoms with Crippen molar-refractivity contribution in [1.82, 2.24) is 5.32 Å². The normalized spacial score (nSPS) is 29.3. The third-order valence-corrected chi connectivity index (χ3v) is 6.80. The zero-order chi connectivity index (χ0) is 14.4. The molecule has 0 fully saturated rings. The molecule has 3 unspecified atom stereocenters. The lowest BCUT2D eigenvalue weighted by molar-refractivity contribution is 0.378. The maximum atomic E-state index is 12.5. The molecule has 1 aromatic rings. The topological polar surface area (TPSA) is 46.2 Å². The highest BCUT2D eigenvalue weighted by atomic mass is 32.2. The van der Waals surface area contributed by atoms with E-state index in [-0.39, 0.29) is 17.2 Å². The van der Waals surface area contributed by atoms with Crippen molar-refractivity contribution in [3.63, 3.8) is 0 Å². The highest BCUT2D eigenvalue weighted by molar-refractivity contribution is 7.92. The van der Waals surface area contributed by atoms with Gasteiger partial charge in [-0.05, 0) is 43.0 Å². The fourth-order valence-electron chi connectivity index (χ4n) is 2.88. The maximum absolute atomic E-state index is 12.5. The lowest BCUT2D eigenvalue weighted by Gasteiger charge is -2.36. The maximum Gasteiger partial charge on any atom is 0.181 e. The fraction of sp³-hybridized carbons (Fsp3) is 0.600. The van der Waals surface area contributed by atoms with Crippen LogP contribution in [0.1, 0.15) is 50.8 Å². The van der Waals surface area contributed by atoms with E-state index in [9.17, 15) is 8.42 Å². The lowest BCUT2D eigenvalue weighted by Crippen LogP contribution is -2.40. The first-order valence-corrected chi connectivity index (χ1v) is 8.40. The van der Waals surface area contributed by atoms with E-state index in [0.717, 1.165) is 5.56 Å². The van der Waals surface area contributed by atoms with Crippen LogP contribution in [0, 0.1) is 5.92 Å². The predicted octanol–water partition coefficient (Wildman–Crippen LogP) is 2.88. The van der Waals surface area contributed by atoms with Gasteiger partial charge in [0.05, 0.1) is 10.1 Å². The largest absolute Gasteiger partial charge is 0.313 e. The van der Waals surface area contributed by atoms with Crippen molar-refractivity contribution in [2.75, 3.05) is 7.05 Å². The third kappa shape index (κ3) is 2.21. The average molecular weight is 281 g/mol. The van der Waals surface area contributed by atoms with Gasteiger partial charge in [-0.3, -0.25) is 0 Å². The molecule has 1 aromatic carbocycles. The summed E-state index contributed by atoms with van der Waals surface area (Å²) in [5, 5.41) is 2.93. The molecule has 3 atom stereocenters. The van der Waals surface area contributed by atoms with Gasteiger partial charge in [-0.15, -0.1) is 0 Å². The Morgan fingerprint density at radius 3 is 2.37 bits per heavy atom. The second kappa shape index (κ2) is 4.91. The van der Waals surface area contributed by atoms with Gasteiger partial charge in [0, 0.05) is 6.04 Å². The van der Waals surface area contributed by atoms with Crippen LogP contribution in [0.5, 0.6) is 0 Å². The Kier molecular flexibility index (Phi) is 3.76. The zero-order valence-corrected chi connectivity index (χ0v) is 13.1. The van der Waals surface area contributed by atoms with Crippen LogP contribution in [-0.2, 0) is 9.84 Å². The van der Waals surface area contributed by atoms with Crippen LogP contribution < -0.4 is 5.32 Å². The van der Waals surface area contributed by atoms with E-state index in [0.29, 0.717) is 10.8 Å². The van der Waals surface area contributed by atoms with Crippen molar-refractivity contribution in [2.24, 2.45) is 5.92 Å². The van der Waals surface area contributed by atoms with E-state index in [1.807, 2.05) is 27.0 Å². The van der Waals surface area contributed by atoms with E-state index < -0.39 is 9.84 Å². The third-order valence-electron chi connectivity index (χ3n) is 4.41. The van der Waals surface area contributed by atoms with E-state index in [2.05, 4.69) is 25.2 Å². The minimum atomic E-state index is -3.20. The van der Waals surface area contributed by atoms with Gasteiger partial charge in [0.1, 0.15) is 0 Å². The van der Waals surface area contributed by atoms with Crippen molar-refractivity contribution in [3.8, 4) is 0 Å². The molecule has 3 nitrogen and oxygen atoms in total. The van der Waals surface area contributed by atoms with Crippen LogP contribution in [0.15, 0.2) is 23.1 Å². The second-order valence-electron chi connectivity index (χ2n) is 5.83. The van der Waals surface area contributed by atoms with Gasteiger partial charge in [0.25, 0.3) is 0 Å². The predicted molar refractivity (Wildman–Crippen MR) is 78.1 cm³/mol. The summed E-state index contributed by atoms with van der Waals surface area (Å²) in [4.78, 5) is 0.502. The van der Waals surface area contributed by atoms with Gasteiger partial charge in [-0.1, -0.05) is 32.9 Å². The van der Waals surface area contributed by atoms with Gasteiger partial charge < -0.3 is 5.32 Å². The molecule has 4 heteroatoms. The zero-order valence-electron chi connectivity index (χ0n) is 12.3. The van der Waals surface area contributed by atoms with Gasteiger partial charge in [0.15, 0.2) is 9.84 Å². The monoisotopic (exact) mass is 281 g/mol. The van der Waals surface area contributed by atoms with E-state index in [1.165, 1.54) is 5.56 Å². The molecule has 1 aliphatic heterocycles. The molecule has 0 radical (unpaired) electrons. The number of benzene rings is 1. The number of rotatable bonds is 2. The Balaban J connectivity index is 2.68. The number of fused-ring (bicyclic) bond motifs is 1. The Labute approximate surface area is 116 Å². The molecule has 1 heterocycles. The van der Waals surface area contributed by atoms with Gasteiger partial charge in [0.2, 0.25) is 0 Å². The number of nitrogens with one attached hydrogen (secondary N) is 1. The summed E-state index contributed by atoms with van der Waals surface area (Å²) in [6.07, 6.45) is 0. The number of hydrogen-bond acceptors (Lipinski definition) is 3. The molecule has 1 aliphatic rings. The highest BCUT2D eigenvalue weighted by Crippen LogP contribution is 2.40. The number of hydrogen-bond donors (Lipinski definition) is 1. The Hall–Kier alpha value is -0.870. The summed E-state index contributed by atoms with van der Waals surface area (Å²) in [5.41, 5.74) is 2.12. The summed E-state index contributed by atoms with van der Waals surface area (Å²) >= 11 is 0. The van der Waals surface area contributed by atoms with Crippen LogP contribution >= 0.6 is 0 Å². The molecular formula is C15H23NO2S. The molecule has 0 saturated heterocycles. The van der Waals surface area contributed by atoms with Crippen molar-refractivity contribution in [1.29, 1.82) is 0 Å². The van der Waals surface area contributed by atoms with Crippen molar-refractivity contribution >= 4 is 9.84 Å². The Morgan fingerprint density at radius 1 is 1.21 bits per heavy atom. The molecule has 2 rings (SSSR count). The summed E-state index contributed by atoms with van der Waals surface area (Å²) < 4.78 is 25.1. The first kappa shape index (κ1) is 14.5. The average Bonchev–Trinajstić information content (AvgIpc) is 2.36. The van der Waals surface area contributed by atoms with Crippen LogP contribution in [0.4, 0.5) is 0 Å². The van der Waals surface area contributed by atoms with Gasteiger partial charge >= 0.3 is 0 Å². The van der Waals surface area contributed by atoms with Crippen LogP contribution in [-0.4, -0.2) is 20.7 Å². The van der Waals surface area contributed by atoms with Crippen LogP contribution in [0.25, 0.3) is 0 Å². The highest BCUT2D eigenvalue weighted by Gasteiger charge is 2.41. The minimum Gasteiger partial charge on any atom is -0.313 e. The first-order valence-electron chi connectivity index (χ1n) is 6.85. The lowest BCUT2D eigenvalue weighted by atomic mass is 9.89. The molecule has 106 valence electrons. The molecule has 0 aromatic heterocycles. The van der Waals surface area contributed by atoms with E-state index in [1.54, 1.807) is 6.07 Å². The van der Waals surface area contributed by atoms with Crippen LogP contribution in [0.2, 0.25) is 0 Å². The molecule has 0 saturated carbocycles. The SMILES string of the molecule is CNC1c2cc(C(C)C)ccc2S(=O)(=O)C(C)C1C. The molecule has 0 bridgehead atoms.